The van der Waals surface area contributed by atoms with E-state index >= 15 is 0 Å². The van der Waals surface area contributed by atoms with E-state index in [1.165, 1.54) is 0 Å². The molecule has 0 saturated carbocycles. The van der Waals surface area contributed by atoms with E-state index in [4.69, 9.17) is 10.2 Å². The monoisotopic (exact) mass is 132 g/mol. The van der Waals surface area contributed by atoms with Crippen molar-refractivity contribution >= 4 is 11.6 Å². The van der Waals surface area contributed by atoms with Crippen LogP contribution in [0.5, 0.6) is 0 Å². The van der Waals surface area contributed by atoms with Crippen LogP contribution in [0.3, 0.4) is 0 Å². The first-order valence-corrected chi connectivity index (χ1v) is 1.80. The summed E-state index contributed by atoms with van der Waals surface area (Å²) in [5.74, 6) is 0. The van der Waals surface area contributed by atoms with Crippen LogP contribution in [0.4, 0.5) is 8.78 Å². The molecule has 2 N–H and O–H groups in total. The van der Waals surface area contributed by atoms with E-state index in [9.17, 15) is 8.78 Å². The molecule has 0 aliphatic rings. The Morgan fingerprint density at radius 2 is 1.71 bits per heavy atom. The van der Waals surface area contributed by atoms with Gasteiger partial charge in [0.2, 0.25) is 5.56 Å². The van der Waals surface area contributed by atoms with Gasteiger partial charge in [0, 0.05) is 0 Å². The zero-order valence-corrected chi connectivity index (χ0v) is 3.86. The van der Waals surface area contributed by atoms with Crippen LogP contribution in [0.2, 0.25) is 0 Å². The second-order valence-corrected chi connectivity index (χ2v) is 1.34. The maximum Gasteiger partial charge on any atom is 0.393 e. The third-order valence-electron chi connectivity index (χ3n) is 0.287. The maximum absolute atomic E-state index is 11.0. The largest absolute Gasteiger partial charge is 0.393 e. The molecule has 0 bridgehead atoms. The van der Waals surface area contributed by atoms with Gasteiger partial charge in [0.05, 0.1) is 0 Å². The molecular weight excluding hydrogens is 129 g/mol. The molecule has 0 aromatic heterocycles. The summed E-state index contributed by atoms with van der Waals surface area (Å²) in [6.45, 7) is 0. The van der Waals surface area contributed by atoms with Crippen LogP contribution >= 0.6 is 11.6 Å². The fraction of sp³-hybridized carbons (Fsp3) is 1.00. The highest BCUT2D eigenvalue weighted by Crippen LogP contribution is 2.15. The van der Waals surface area contributed by atoms with E-state index in [1.807, 2.05) is 0 Å². The zero-order chi connectivity index (χ0) is 6.08. The van der Waals surface area contributed by atoms with Crippen molar-refractivity contribution in [1.82, 2.24) is 0 Å². The molecule has 0 heterocycles. The first kappa shape index (κ1) is 7.07. The molecule has 0 amide bonds. The van der Waals surface area contributed by atoms with Gasteiger partial charge in [0.25, 0.3) is 0 Å². The van der Waals surface area contributed by atoms with Crippen molar-refractivity contribution < 1.29 is 19.0 Å². The number of rotatable bonds is 1. The minimum absolute atomic E-state index is 2.51. The van der Waals surface area contributed by atoms with Crippen LogP contribution in [-0.4, -0.2) is 21.9 Å². The molecule has 44 valence electrons. The molecule has 0 radical (unpaired) electrons. The van der Waals surface area contributed by atoms with Crippen LogP contribution in [0.1, 0.15) is 0 Å². The SMILES string of the molecule is OC(Cl)C(O)(F)F. The van der Waals surface area contributed by atoms with Gasteiger partial charge in [-0.3, -0.25) is 0 Å². The van der Waals surface area contributed by atoms with Crippen LogP contribution in [-0.2, 0) is 0 Å². The van der Waals surface area contributed by atoms with E-state index in [0.29, 0.717) is 0 Å². The fourth-order valence-electron chi connectivity index (χ4n) is 0. The van der Waals surface area contributed by atoms with E-state index in [0.717, 1.165) is 0 Å². The summed E-state index contributed by atoms with van der Waals surface area (Å²) in [4.78, 5) is 0. The Balaban J connectivity index is 3.54. The summed E-state index contributed by atoms with van der Waals surface area (Å²) in [5, 5.41) is 15.0. The van der Waals surface area contributed by atoms with Gasteiger partial charge >= 0.3 is 6.11 Å². The van der Waals surface area contributed by atoms with Crippen molar-refractivity contribution in [3.8, 4) is 0 Å². The highest BCUT2D eigenvalue weighted by molar-refractivity contribution is 6.19. The van der Waals surface area contributed by atoms with Crippen molar-refractivity contribution in [3.63, 3.8) is 0 Å². The lowest BCUT2D eigenvalue weighted by Gasteiger charge is -2.07. The highest BCUT2D eigenvalue weighted by Gasteiger charge is 2.33. The highest BCUT2D eigenvalue weighted by atomic mass is 35.5. The fourth-order valence-corrected chi connectivity index (χ4v) is 0. The molecule has 0 rings (SSSR count). The van der Waals surface area contributed by atoms with E-state index in [1.54, 1.807) is 0 Å². The number of aliphatic hydroxyl groups excluding tert-OH is 1. The lowest BCUT2D eigenvalue weighted by Crippen LogP contribution is -2.27. The molecule has 0 saturated heterocycles. The number of alkyl halides is 3. The number of halogens is 3. The molecule has 0 aromatic rings. The van der Waals surface area contributed by atoms with Gasteiger partial charge in [0.1, 0.15) is 0 Å². The summed E-state index contributed by atoms with van der Waals surface area (Å²) < 4.78 is 22.0. The molecule has 0 aromatic carbocycles. The second kappa shape index (κ2) is 1.90. The number of hydrogen-bond acceptors (Lipinski definition) is 2. The summed E-state index contributed by atoms with van der Waals surface area (Å²) in [6, 6.07) is 0. The average Bonchev–Trinajstić information content (AvgIpc) is 1.31. The Morgan fingerprint density at radius 1 is 1.57 bits per heavy atom. The van der Waals surface area contributed by atoms with E-state index in [2.05, 4.69) is 11.6 Å². The van der Waals surface area contributed by atoms with Crippen molar-refractivity contribution in [3.05, 3.63) is 0 Å². The summed E-state index contributed by atoms with van der Waals surface area (Å²) in [6.07, 6.45) is -4.18. The summed E-state index contributed by atoms with van der Waals surface area (Å²) in [7, 11) is 0. The van der Waals surface area contributed by atoms with Gasteiger partial charge in [-0.2, -0.15) is 8.78 Å². The molecular formula is C2H3ClF2O2. The molecule has 0 spiro atoms. The van der Waals surface area contributed by atoms with Gasteiger partial charge in [-0.05, 0) is 0 Å². The molecule has 7 heavy (non-hydrogen) atoms. The second-order valence-electron chi connectivity index (χ2n) is 0.924. The van der Waals surface area contributed by atoms with Gasteiger partial charge < -0.3 is 10.2 Å². The molecule has 0 aliphatic heterocycles. The molecule has 5 heteroatoms. The quantitative estimate of drug-likeness (QED) is 0.498. The lowest BCUT2D eigenvalue weighted by molar-refractivity contribution is -0.235. The topological polar surface area (TPSA) is 40.5 Å². The Kier molecular flexibility index (Phi) is 1.92. The minimum atomic E-state index is -4.18. The summed E-state index contributed by atoms with van der Waals surface area (Å²) >= 11 is 4.31. The molecule has 1 atom stereocenters. The number of hydrogen-bond donors (Lipinski definition) is 2. The predicted octanol–water partition coefficient (Wildman–Crippen LogP) is 0.129. The molecule has 1 unspecified atom stereocenters. The van der Waals surface area contributed by atoms with Crippen molar-refractivity contribution in [2.24, 2.45) is 0 Å². The van der Waals surface area contributed by atoms with Crippen molar-refractivity contribution in [2.75, 3.05) is 0 Å². The standard InChI is InChI=1S/C2H3ClF2O2/c3-1(6)2(4,5)7/h1,6-7H. The Morgan fingerprint density at radius 3 is 1.71 bits per heavy atom. The third kappa shape index (κ3) is 2.73. The third-order valence-corrected chi connectivity index (χ3v) is 0.549. The Bertz CT molecular complexity index is 59.2. The molecule has 2 nitrogen and oxygen atoms in total. The van der Waals surface area contributed by atoms with Gasteiger partial charge in [0.15, 0.2) is 0 Å². The Labute approximate surface area is 43.3 Å². The van der Waals surface area contributed by atoms with Crippen LogP contribution in [0, 0.1) is 0 Å². The summed E-state index contributed by atoms with van der Waals surface area (Å²) in [5.41, 5.74) is -2.51. The normalized spacial score (nSPS) is 16.7. The number of aliphatic hydroxyl groups is 2. The average molecular weight is 132 g/mol. The molecule has 0 fully saturated rings. The van der Waals surface area contributed by atoms with E-state index in [-0.39, 0.29) is 0 Å². The van der Waals surface area contributed by atoms with Crippen molar-refractivity contribution in [1.29, 1.82) is 0 Å². The Hall–Kier alpha value is 0.0700. The lowest BCUT2D eigenvalue weighted by atomic mass is 10.7. The predicted molar refractivity (Wildman–Crippen MR) is 19.0 cm³/mol. The van der Waals surface area contributed by atoms with Gasteiger partial charge in [-0.1, -0.05) is 11.6 Å². The minimum Gasteiger partial charge on any atom is -0.370 e. The van der Waals surface area contributed by atoms with Crippen LogP contribution in [0.15, 0.2) is 0 Å². The van der Waals surface area contributed by atoms with Gasteiger partial charge in [-0.15, -0.1) is 0 Å². The smallest absolute Gasteiger partial charge is 0.370 e. The zero-order valence-electron chi connectivity index (χ0n) is 3.11. The van der Waals surface area contributed by atoms with Crippen LogP contribution < -0.4 is 0 Å². The van der Waals surface area contributed by atoms with Gasteiger partial charge in [-0.25, -0.2) is 0 Å². The maximum atomic E-state index is 11.0. The van der Waals surface area contributed by atoms with E-state index < -0.39 is 11.7 Å². The first-order valence-electron chi connectivity index (χ1n) is 1.37. The first-order chi connectivity index (χ1) is 2.94. The molecule has 0 aliphatic carbocycles. The van der Waals surface area contributed by atoms with Crippen LogP contribution in [0.25, 0.3) is 0 Å². The van der Waals surface area contributed by atoms with Crippen molar-refractivity contribution in [2.45, 2.75) is 11.7 Å².